The molecule has 0 atom stereocenters. The molecule has 3 rings (SSSR count). The molecule has 1 fully saturated rings. The number of nitrogens with one attached hydrogen (secondary N) is 1. The van der Waals surface area contributed by atoms with E-state index in [1.807, 2.05) is 30.3 Å². The molecule has 150 valence electrons. The summed E-state index contributed by atoms with van der Waals surface area (Å²) in [7, 11) is 0. The molecule has 1 N–H and O–H groups in total. The quantitative estimate of drug-likeness (QED) is 0.666. The number of anilines is 1. The van der Waals surface area contributed by atoms with Gasteiger partial charge in [-0.25, -0.2) is 0 Å². The molecule has 0 radical (unpaired) electrons. The minimum Gasteiger partial charge on any atom is -0.379 e. The zero-order valence-electron chi connectivity index (χ0n) is 16.4. The fourth-order valence-corrected chi connectivity index (χ4v) is 3.76. The largest absolute Gasteiger partial charge is 0.379 e. The van der Waals surface area contributed by atoms with E-state index in [1.165, 1.54) is 5.56 Å². The molecule has 0 bridgehead atoms. The summed E-state index contributed by atoms with van der Waals surface area (Å²) in [6, 6.07) is 16.2. The number of nitrogens with zero attached hydrogens (tertiary/aromatic N) is 2. The third-order valence-corrected chi connectivity index (χ3v) is 5.73. The standard InChI is InChI=1S/C22H28ClN3OS/c1-18-7-2-5-10-21(18)24-22(28)26(17-19-8-3-4-9-20(19)23)12-6-11-25-13-15-27-16-14-25/h2-5,7-10H,6,11-17H2,1H3,(H,24,28). The summed E-state index contributed by atoms with van der Waals surface area (Å²) in [5.74, 6) is 0. The number of para-hydroxylation sites is 1. The predicted molar refractivity (Wildman–Crippen MR) is 121 cm³/mol. The van der Waals surface area contributed by atoms with Crippen LogP contribution in [-0.4, -0.2) is 54.3 Å². The van der Waals surface area contributed by atoms with E-state index in [4.69, 9.17) is 28.6 Å². The molecule has 0 aromatic heterocycles. The number of hydrogen-bond donors (Lipinski definition) is 1. The van der Waals surface area contributed by atoms with Gasteiger partial charge in [0.25, 0.3) is 0 Å². The van der Waals surface area contributed by atoms with Crippen molar-refractivity contribution >= 4 is 34.6 Å². The van der Waals surface area contributed by atoms with Crippen LogP contribution in [0.3, 0.4) is 0 Å². The molecule has 0 spiro atoms. The van der Waals surface area contributed by atoms with E-state index in [0.717, 1.165) is 67.2 Å². The minimum absolute atomic E-state index is 0.695. The Hall–Kier alpha value is -1.66. The first-order valence-corrected chi connectivity index (χ1v) is 10.6. The number of benzene rings is 2. The monoisotopic (exact) mass is 417 g/mol. The maximum Gasteiger partial charge on any atom is 0.173 e. The van der Waals surface area contributed by atoms with E-state index < -0.39 is 0 Å². The van der Waals surface area contributed by atoms with Crippen molar-refractivity contribution < 1.29 is 4.74 Å². The highest BCUT2D eigenvalue weighted by Gasteiger charge is 2.15. The van der Waals surface area contributed by atoms with E-state index in [1.54, 1.807) is 0 Å². The molecule has 0 amide bonds. The molecule has 1 heterocycles. The number of rotatable bonds is 7. The minimum atomic E-state index is 0.695. The summed E-state index contributed by atoms with van der Waals surface area (Å²) < 4.78 is 5.44. The van der Waals surface area contributed by atoms with Crippen molar-refractivity contribution in [3.63, 3.8) is 0 Å². The zero-order valence-corrected chi connectivity index (χ0v) is 17.9. The second-order valence-corrected chi connectivity index (χ2v) is 7.86. The van der Waals surface area contributed by atoms with E-state index >= 15 is 0 Å². The molecule has 1 aliphatic heterocycles. The Morgan fingerprint density at radius 2 is 1.86 bits per heavy atom. The molecular formula is C22H28ClN3OS. The van der Waals surface area contributed by atoms with E-state index in [9.17, 15) is 0 Å². The molecule has 1 saturated heterocycles. The average Bonchev–Trinajstić information content (AvgIpc) is 2.71. The van der Waals surface area contributed by atoms with Crippen LogP contribution < -0.4 is 5.32 Å². The second-order valence-electron chi connectivity index (χ2n) is 7.07. The Kier molecular flexibility index (Phi) is 8.10. The highest BCUT2D eigenvalue weighted by molar-refractivity contribution is 7.80. The van der Waals surface area contributed by atoms with Gasteiger partial charge in [0.2, 0.25) is 0 Å². The third-order valence-electron chi connectivity index (χ3n) is 5.00. The van der Waals surface area contributed by atoms with Gasteiger partial charge >= 0.3 is 0 Å². The topological polar surface area (TPSA) is 27.7 Å². The van der Waals surface area contributed by atoms with E-state index in [0.29, 0.717) is 6.54 Å². The highest BCUT2D eigenvalue weighted by Crippen LogP contribution is 2.19. The van der Waals surface area contributed by atoms with Crippen molar-refractivity contribution in [2.75, 3.05) is 44.7 Å². The lowest BCUT2D eigenvalue weighted by Crippen LogP contribution is -2.40. The molecule has 0 unspecified atom stereocenters. The zero-order chi connectivity index (χ0) is 19.8. The van der Waals surface area contributed by atoms with Gasteiger partial charge in [-0.3, -0.25) is 4.90 Å². The molecule has 4 nitrogen and oxygen atoms in total. The number of halogens is 1. The van der Waals surface area contributed by atoms with Crippen LogP contribution in [0.1, 0.15) is 17.5 Å². The van der Waals surface area contributed by atoms with Gasteiger partial charge in [0.05, 0.1) is 13.2 Å². The first-order chi connectivity index (χ1) is 13.6. The SMILES string of the molecule is Cc1ccccc1NC(=S)N(CCCN1CCOCC1)Cc1ccccc1Cl. The molecule has 2 aromatic rings. The van der Waals surface area contributed by atoms with Gasteiger partial charge in [0.15, 0.2) is 5.11 Å². The van der Waals surface area contributed by atoms with Gasteiger partial charge < -0.3 is 15.0 Å². The summed E-state index contributed by atoms with van der Waals surface area (Å²) in [6.45, 7) is 8.39. The van der Waals surface area contributed by atoms with Crippen LogP contribution in [0.25, 0.3) is 0 Å². The van der Waals surface area contributed by atoms with Gasteiger partial charge in [-0.05, 0) is 48.8 Å². The van der Waals surface area contributed by atoms with Gasteiger partial charge in [-0.15, -0.1) is 0 Å². The molecular weight excluding hydrogens is 390 g/mol. The third kappa shape index (κ3) is 6.17. The maximum absolute atomic E-state index is 6.40. The highest BCUT2D eigenvalue weighted by atomic mass is 35.5. The second kappa shape index (κ2) is 10.8. The van der Waals surface area contributed by atoms with Crippen LogP contribution >= 0.6 is 23.8 Å². The van der Waals surface area contributed by atoms with Crippen LogP contribution in [0.15, 0.2) is 48.5 Å². The number of morpholine rings is 1. The lowest BCUT2D eigenvalue weighted by atomic mass is 10.2. The number of aryl methyl sites for hydroxylation is 1. The van der Waals surface area contributed by atoms with Crippen molar-refractivity contribution in [1.29, 1.82) is 0 Å². The van der Waals surface area contributed by atoms with Gasteiger partial charge in [0, 0.05) is 43.4 Å². The van der Waals surface area contributed by atoms with Gasteiger partial charge in [0.1, 0.15) is 0 Å². The first kappa shape index (κ1) is 21.1. The normalized spacial score (nSPS) is 14.6. The Morgan fingerprint density at radius 1 is 1.14 bits per heavy atom. The lowest BCUT2D eigenvalue weighted by molar-refractivity contribution is 0.0368. The molecule has 1 aliphatic rings. The van der Waals surface area contributed by atoms with Crippen molar-refractivity contribution in [3.8, 4) is 0 Å². The van der Waals surface area contributed by atoms with E-state index in [-0.39, 0.29) is 0 Å². The fraction of sp³-hybridized carbons (Fsp3) is 0.409. The Bertz CT molecular complexity index is 780. The van der Waals surface area contributed by atoms with Crippen molar-refractivity contribution in [1.82, 2.24) is 9.80 Å². The van der Waals surface area contributed by atoms with Crippen LogP contribution in [0.5, 0.6) is 0 Å². The number of thiocarbonyl (C=S) groups is 1. The Balaban J connectivity index is 1.65. The van der Waals surface area contributed by atoms with Gasteiger partial charge in [-0.1, -0.05) is 48.0 Å². The van der Waals surface area contributed by atoms with Gasteiger partial charge in [-0.2, -0.15) is 0 Å². The van der Waals surface area contributed by atoms with Crippen LogP contribution in [0.4, 0.5) is 5.69 Å². The summed E-state index contributed by atoms with van der Waals surface area (Å²) in [6.07, 6.45) is 1.04. The number of ether oxygens (including phenoxy) is 1. The summed E-state index contributed by atoms with van der Waals surface area (Å²) in [5.41, 5.74) is 3.31. The fourth-order valence-electron chi connectivity index (χ4n) is 3.30. The predicted octanol–water partition coefficient (Wildman–Crippen LogP) is 4.57. The van der Waals surface area contributed by atoms with Crippen molar-refractivity contribution in [2.45, 2.75) is 19.9 Å². The Morgan fingerprint density at radius 3 is 2.61 bits per heavy atom. The molecule has 0 saturated carbocycles. The van der Waals surface area contributed by atoms with E-state index in [2.05, 4.69) is 40.2 Å². The summed E-state index contributed by atoms with van der Waals surface area (Å²) in [4.78, 5) is 4.67. The molecule has 2 aromatic carbocycles. The average molecular weight is 418 g/mol. The molecule has 6 heteroatoms. The molecule has 28 heavy (non-hydrogen) atoms. The maximum atomic E-state index is 6.40. The first-order valence-electron chi connectivity index (χ1n) is 9.78. The van der Waals surface area contributed by atoms with Crippen molar-refractivity contribution in [3.05, 3.63) is 64.7 Å². The summed E-state index contributed by atoms with van der Waals surface area (Å²) >= 11 is 12.2. The Labute approximate surface area is 178 Å². The van der Waals surface area contributed by atoms with Crippen molar-refractivity contribution in [2.24, 2.45) is 0 Å². The smallest absolute Gasteiger partial charge is 0.173 e. The van der Waals surface area contributed by atoms with Crippen LogP contribution in [-0.2, 0) is 11.3 Å². The lowest BCUT2D eigenvalue weighted by Gasteiger charge is -2.30. The summed E-state index contributed by atoms with van der Waals surface area (Å²) in [5, 5.41) is 4.93. The van der Waals surface area contributed by atoms with Crippen LogP contribution in [0, 0.1) is 6.92 Å². The number of hydrogen-bond acceptors (Lipinski definition) is 3. The molecule has 0 aliphatic carbocycles. The van der Waals surface area contributed by atoms with Crippen LogP contribution in [0.2, 0.25) is 5.02 Å².